The van der Waals surface area contributed by atoms with Crippen LogP contribution in [0.15, 0.2) is 66.5 Å². The number of pyridine rings is 1. The number of halogens is 4. The number of amides is 2. The van der Waals surface area contributed by atoms with Crippen molar-refractivity contribution in [3.63, 3.8) is 0 Å². The smallest absolute Gasteiger partial charge is 0.416 e. The van der Waals surface area contributed by atoms with E-state index in [0.29, 0.717) is 42.6 Å². The number of aromatic nitrogens is 1. The Hall–Kier alpha value is -4.72. The van der Waals surface area contributed by atoms with Gasteiger partial charge in [-0.2, -0.15) is 26.2 Å². The summed E-state index contributed by atoms with van der Waals surface area (Å²) in [5, 5.41) is 1.25. The first kappa shape index (κ1) is 45.4. The summed E-state index contributed by atoms with van der Waals surface area (Å²) in [7, 11) is -8.67. The van der Waals surface area contributed by atoms with Crippen molar-refractivity contribution in [1.82, 2.24) is 5.06 Å². The number of fused-ring (bicyclic) bond motifs is 2. The van der Waals surface area contributed by atoms with Crippen LogP contribution in [0.3, 0.4) is 0 Å². The minimum atomic E-state index is -4.95. The summed E-state index contributed by atoms with van der Waals surface area (Å²) in [4.78, 5) is 42.5. The fourth-order valence-corrected chi connectivity index (χ4v) is 8.80. The van der Waals surface area contributed by atoms with E-state index in [9.17, 15) is 53.5 Å². The molecule has 2 aliphatic heterocycles. The highest BCUT2D eigenvalue weighted by Crippen LogP contribution is 2.55. The van der Waals surface area contributed by atoms with Gasteiger partial charge in [-0.1, -0.05) is 37.1 Å². The van der Waals surface area contributed by atoms with Crippen molar-refractivity contribution in [2.24, 2.45) is 0 Å². The van der Waals surface area contributed by atoms with Gasteiger partial charge < -0.3 is 14.3 Å². The third-order valence-corrected chi connectivity index (χ3v) is 12.0. The van der Waals surface area contributed by atoms with Crippen LogP contribution in [0.2, 0.25) is 0 Å². The van der Waals surface area contributed by atoms with E-state index in [2.05, 4.69) is 0 Å². The zero-order valence-electron chi connectivity index (χ0n) is 32.2. The molecule has 5 rings (SSSR count). The van der Waals surface area contributed by atoms with Crippen molar-refractivity contribution in [3.05, 3.63) is 89.0 Å². The Balaban J connectivity index is 1.47. The van der Waals surface area contributed by atoms with Crippen LogP contribution in [-0.2, 0) is 57.6 Å². The first-order valence-corrected chi connectivity index (χ1v) is 22.3. The second kappa shape index (κ2) is 18.7. The van der Waals surface area contributed by atoms with E-state index < -0.39 is 72.5 Å². The van der Waals surface area contributed by atoms with Crippen LogP contribution < -0.4 is 9.47 Å². The van der Waals surface area contributed by atoms with E-state index >= 15 is 4.39 Å². The molecule has 0 spiro atoms. The van der Waals surface area contributed by atoms with Crippen LogP contribution >= 0.6 is 0 Å². The number of unbranched alkanes of at least 4 members (excludes halogenated alkanes) is 4. The number of hydroxylamine groups is 2. The number of anilines is 1. The fourth-order valence-electron chi connectivity index (χ4n) is 7.67. The molecule has 3 aromatic rings. The lowest BCUT2D eigenvalue weighted by Crippen LogP contribution is -2.34. The average molecular weight is 868 g/mol. The maximum atomic E-state index is 15.1. The zero-order chi connectivity index (χ0) is 43.2. The lowest BCUT2D eigenvalue weighted by molar-refractivity contribution is -0.671. The molecule has 1 fully saturated rings. The second-order valence-electron chi connectivity index (χ2n) is 14.8. The summed E-state index contributed by atoms with van der Waals surface area (Å²) in [5.41, 5.74) is -0.831. The lowest BCUT2D eigenvalue weighted by atomic mass is 9.75. The average Bonchev–Trinajstić information content (AvgIpc) is 3.57. The maximum absolute atomic E-state index is 15.1. The van der Waals surface area contributed by atoms with Gasteiger partial charge in [-0.15, -0.1) is 5.06 Å². The number of imide groups is 1. The molecule has 2 aromatic carbocycles. The Morgan fingerprint density at radius 1 is 0.966 bits per heavy atom. The molecule has 19 heteroatoms. The van der Waals surface area contributed by atoms with Crippen molar-refractivity contribution >= 4 is 60.7 Å². The minimum absolute atomic E-state index is 0.0137. The molecule has 2 amide bonds. The first-order chi connectivity index (χ1) is 27.7. The summed E-state index contributed by atoms with van der Waals surface area (Å²) in [6.07, 6.45) is 3.28. The lowest BCUT2D eigenvalue weighted by Gasteiger charge is -2.31. The van der Waals surface area contributed by atoms with E-state index in [0.717, 1.165) is 22.5 Å². The van der Waals surface area contributed by atoms with E-state index in [4.69, 9.17) is 4.84 Å². The standard InChI is InChI=1S/C40H45F4N3O10S2/c1-39(20-6-2-3-16-37(50)57-47-35(48)17-18-36(47)49)34(46(22-8-10-25-59(54,55)56)33-27-29(41)26-31(38(33)39)40(42,43)44)15-11-12-28-19-23-45(21-7-9-24-58(51,52)53)32-14-5-4-13-30(28)32/h4-5,11-15,19,23,26-27H,2-3,6-10,16-18,20-22,24-25H2,1H3,(H-,51,52,53,54,55,56). The van der Waals surface area contributed by atoms with Crippen LogP contribution in [0.5, 0.6) is 0 Å². The van der Waals surface area contributed by atoms with Crippen LogP contribution in [0.25, 0.3) is 17.0 Å². The molecule has 0 bridgehead atoms. The topological polar surface area (TPSA) is 182 Å². The molecule has 2 aliphatic rings. The van der Waals surface area contributed by atoms with Crippen LogP contribution in [0.1, 0.15) is 94.2 Å². The maximum Gasteiger partial charge on any atom is 0.416 e. The predicted octanol–water partition coefficient (Wildman–Crippen LogP) is 6.51. The Bertz CT molecular complexity index is 2350. The summed E-state index contributed by atoms with van der Waals surface area (Å²) >= 11 is 0. The molecule has 1 N–H and O–H groups in total. The van der Waals surface area contributed by atoms with Crippen molar-refractivity contribution in [2.45, 2.75) is 95.7 Å². The largest absolute Gasteiger partial charge is 0.748 e. The van der Waals surface area contributed by atoms with Gasteiger partial charge in [0.05, 0.1) is 26.8 Å². The van der Waals surface area contributed by atoms with Gasteiger partial charge in [-0.3, -0.25) is 14.1 Å². The third kappa shape index (κ3) is 11.7. The third-order valence-electron chi connectivity index (χ3n) is 10.4. The van der Waals surface area contributed by atoms with Crippen molar-refractivity contribution in [3.8, 4) is 0 Å². The van der Waals surface area contributed by atoms with Gasteiger partial charge in [0.1, 0.15) is 12.4 Å². The Kier molecular flexibility index (Phi) is 14.4. The number of allylic oxidation sites excluding steroid dienone is 3. The molecule has 1 atom stereocenters. The highest BCUT2D eigenvalue weighted by molar-refractivity contribution is 7.85. The molecule has 0 aliphatic carbocycles. The minimum Gasteiger partial charge on any atom is -0.748 e. The van der Waals surface area contributed by atoms with E-state index in [-0.39, 0.29) is 69.2 Å². The highest BCUT2D eigenvalue weighted by atomic mass is 32.2. The molecular weight excluding hydrogens is 823 g/mol. The van der Waals surface area contributed by atoms with Crippen molar-refractivity contribution in [1.29, 1.82) is 0 Å². The normalized spacial score (nSPS) is 18.2. The van der Waals surface area contributed by atoms with E-state index in [1.807, 2.05) is 34.9 Å². The van der Waals surface area contributed by atoms with E-state index in [1.54, 1.807) is 36.2 Å². The summed E-state index contributed by atoms with van der Waals surface area (Å²) in [5.74, 6) is -4.24. The summed E-state index contributed by atoms with van der Waals surface area (Å²) in [6.45, 7) is 2.04. The summed E-state index contributed by atoms with van der Waals surface area (Å²) in [6, 6.07) is 10.7. The number of hydrogen-bond acceptors (Lipinski definition) is 10. The van der Waals surface area contributed by atoms with Gasteiger partial charge in [0, 0.05) is 66.9 Å². The molecule has 320 valence electrons. The van der Waals surface area contributed by atoms with Crippen LogP contribution in [-0.4, -0.2) is 66.8 Å². The number of rotatable bonds is 19. The van der Waals surface area contributed by atoms with Crippen molar-refractivity contribution < 1.29 is 67.3 Å². The predicted molar refractivity (Wildman–Crippen MR) is 207 cm³/mol. The van der Waals surface area contributed by atoms with Crippen LogP contribution in [0, 0.1) is 5.82 Å². The zero-order valence-corrected chi connectivity index (χ0v) is 33.9. The number of aryl methyl sites for hydroxylation is 1. The number of nitrogens with zero attached hydrogens (tertiary/aromatic N) is 3. The quantitative estimate of drug-likeness (QED) is 0.0456. The highest BCUT2D eigenvalue weighted by Gasteiger charge is 2.49. The summed E-state index contributed by atoms with van der Waals surface area (Å²) < 4.78 is 127. The molecule has 0 radical (unpaired) electrons. The number of carbonyl (C=O) groups is 3. The van der Waals surface area contributed by atoms with Gasteiger partial charge >= 0.3 is 12.1 Å². The fraction of sp³-hybridized carbons (Fsp3) is 0.450. The number of carbonyl (C=O) groups excluding carboxylic acids is 3. The SMILES string of the molecule is CC1(CCCCCC(=O)ON2C(=O)CCC2=O)C(=CC=Cc2cc[n+](CCCCS(=O)(=O)[O-])c3ccccc23)N(CCCCS(=O)(=O)O)c2cc(F)cc(C(F)(F)F)c21. The molecule has 0 saturated carbocycles. The van der Waals surface area contributed by atoms with E-state index in [1.165, 1.54) is 0 Å². The Labute approximate surface area is 339 Å². The van der Waals surface area contributed by atoms with Crippen LogP contribution in [0.4, 0.5) is 23.2 Å². The number of para-hydroxylation sites is 1. The molecule has 1 aromatic heterocycles. The van der Waals surface area contributed by atoms with Gasteiger partial charge in [0.25, 0.3) is 21.9 Å². The second-order valence-corrected chi connectivity index (χ2v) is 17.9. The van der Waals surface area contributed by atoms with Crippen molar-refractivity contribution in [2.75, 3.05) is 23.0 Å². The van der Waals surface area contributed by atoms with Gasteiger partial charge in [0.15, 0.2) is 6.20 Å². The Morgan fingerprint density at radius 3 is 2.34 bits per heavy atom. The molecular formula is C40H45F4N3O10S2. The molecule has 3 heterocycles. The monoisotopic (exact) mass is 867 g/mol. The molecule has 13 nitrogen and oxygen atoms in total. The molecule has 1 saturated heterocycles. The first-order valence-electron chi connectivity index (χ1n) is 19.1. The number of hydrogen-bond donors (Lipinski definition) is 1. The number of alkyl halides is 3. The molecule has 59 heavy (non-hydrogen) atoms. The van der Waals surface area contributed by atoms with Gasteiger partial charge in [0.2, 0.25) is 5.52 Å². The van der Waals surface area contributed by atoms with Gasteiger partial charge in [-0.05, 0) is 74.4 Å². The molecule has 1 unspecified atom stereocenters. The number of benzene rings is 2. The van der Waals surface area contributed by atoms with Gasteiger partial charge in [-0.25, -0.2) is 17.6 Å². The Morgan fingerprint density at radius 2 is 1.66 bits per heavy atom.